The number of hydrogen-bond acceptors (Lipinski definition) is 5. The molecule has 0 fully saturated rings. The van der Waals surface area contributed by atoms with E-state index in [4.69, 9.17) is 8.83 Å². The summed E-state index contributed by atoms with van der Waals surface area (Å²) in [5.41, 5.74) is 35.1. The van der Waals surface area contributed by atoms with E-state index in [9.17, 15) is 0 Å². The minimum Gasteiger partial charge on any atom is -0.456 e. The number of hydrogen-bond donors (Lipinski definition) is 0. The van der Waals surface area contributed by atoms with Crippen molar-refractivity contribution < 1.29 is 8.83 Å². The van der Waals surface area contributed by atoms with Gasteiger partial charge in [-0.05, 0) is 217 Å². The molecule has 6 heteroatoms. The smallest absolute Gasteiger partial charge is 0.142 e. The molecule has 24 rings (SSSR count). The standard InChI is InChI=1S/C108H68N4O2/c1-4-25-73(26-5-1)109(74-27-6-2-7-28-74)77-59-61-78(62-60-77)110(80-63-65-95-89(67-80)84-33-12-19-40-93(84)107(95)94-41-20-13-35-86(94)105-103(107)87-36-15-22-45-100(87)113-105)76-55-51-71(52-56-76)69-47-49-70(50-48-69)72-53-57-79(58-54-72)111(81-64-66-98-90(68-81)85-34-14-21-43-97(85)112(98)75-29-8-3-9-30-75)99-44-24-42-96-102(99)106-104(88-37-16-23-46-101(88)114-106)108(96)91-38-17-10-31-82(91)83-32-11-18-39-92(83)108/h1-68H/t107-/m1/s1. The number of fused-ring (bicyclic) bond motifs is 27. The molecule has 0 radical (unpaired) electrons. The second kappa shape index (κ2) is 24.8. The van der Waals surface area contributed by atoms with E-state index in [1.54, 1.807) is 0 Å². The molecule has 114 heavy (non-hydrogen) atoms. The molecule has 4 aliphatic carbocycles. The summed E-state index contributed by atoms with van der Waals surface area (Å²) < 4.78 is 16.6. The lowest BCUT2D eigenvalue weighted by atomic mass is 9.70. The molecular weight excluding hydrogens is 1390 g/mol. The molecule has 17 aromatic carbocycles. The molecule has 0 amide bonds. The van der Waals surface area contributed by atoms with Gasteiger partial charge in [0.05, 0.1) is 27.6 Å². The SMILES string of the molecule is c1ccc(N(c2ccccc2)c2ccc(N(c3ccc(-c4ccc(-c5ccc(N(c6ccc7c(c6)c6ccccc6n7-c6ccccc6)c6cccc7c6-c6oc8ccccc8c6C76c7ccccc7-c7ccccc76)cc5)cc4)cc3)c3ccc4c(c3)-c3ccccc3[C@@]43c4ccccc4-c4oc5ccccc5c43)cc2)cc1. The van der Waals surface area contributed by atoms with Crippen molar-refractivity contribution in [1.82, 2.24) is 4.57 Å². The van der Waals surface area contributed by atoms with Crippen LogP contribution in [0.5, 0.6) is 0 Å². The van der Waals surface area contributed by atoms with E-state index in [1.807, 2.05) is 0 Å². The van der Waals surface area contributed by atoms with Crippen LogP contribution in [0, 0.1) is 0 Å². The van der Waals surface area contributed by atoms with Crippen molar-refractivity contribution in [3.05, 3.63) is 457 Å². The summed E-state index contributed by atoms with van der Waals surface area (Å²) in [5, 5.41) is 4.64. The third-order valence-electron chi connectivity index (χ3n) is 24.8. The molecule has 3 heterocycles. The first kappa shape index (κ1) is 63.9. The topological polar surface area (TPSA) is 40.9 Å². The van der Waals surface area contributed by atoms with Crippen molar-refractivity contribution in [3.63, 3.8) is 0 Å². The lowest BCUT2D eigenvalue weighted by molar-refractivity contribution is 0.628. The summed E-state index contributed by atoms with van der Waals surface area (Å²) in [6.45, 7) is 0. The number of nitrogens with zero attached hydrogens (tertiary/aromatic N) is 4. The molecule has 0 saturated heterocycles. The monoisotopic (exact) mass is 1450 g/mol. The highest BCUT2D eigenvalue weighted by Gasteiger charge is 2.57. The first-order valence-electron chi connectivity index (χ1n) is 39.3. The Morgan fingerprint density at radius 1 is 0.219 bits per heavy atom. The first-order chi connectivity index (χ1) is 56.6. The normalized spacial score (nSPS) is 14.1. The van der Waals surface area contributed by atoms with Crippen LogP contribution in [0.4, 0.5) is 51.2 Å². The van der Waals surface area contributed by atoms with Crippen LogP contribution in [-0.4, -0.2) is 4.57 Å². The van der Waals surface area contributed by atoms with Crippen molar-refractivity contribution >= 4 is 94.9 Å². The molecular formula is C108H68N4O2. The van der Waals surface area contributed by atoms with E-state index in [2.05, 4.69) is 432 Å². The average Bonchev–Trinajstić information content (AvgIpc) is 1.50. The molecule has 2 spiro atoms. The summed E-state index contributed by atoms with van der Waals surface area (Å²) >= 11 is 0. The molecule has 0 saturated carbocycles. The number of furan rings is 2. The highest BCUT2D eigenvalue weighted by atomic mass is 16.3. The fraction of sp³-hybridized carbons (Fsp3) is 0.0185. The maximum Gasteiger partial charge on any atom is 0.142 e. The Bertz CT molecular complexity index is 7200. The van der Waals surface area contributed by atoms with E-state index in [0.717, 1.165) is 135 Å². The minimum atomic E-state index is -0.630. The second-order valence-electron chi connectivity index (χ2n) is 30.5. The van der Waals surface area contributed by atoms with Gasteiger partial charge in [0.15, 0.2) is 0 Å². The predicted molar refractivity (Wildman–Crippen MR) is 468 cm³/mol. The summed E-state index contributed by atoms with van der Waals surface area (Å²) in [4.78, 5) is 7.21. The summed E-state index contributed by atoms with van der Waals surface area (Å²) in [7, 11) is 0. The van der Waals surface area contributed by atoms with Crippen LogP contribution in [-0.2, 0) is 10.8 Å². The van der Waals surface area contributed by atoms with Crippen molar-refractivity contribution in [2.24, 2.45) is 0 Å². The van der Waals surface area contributed by atoms with Crippen LogP contribution in [0.25, 0.3) is 117 Å². The second-order valence-corrected chi connectivity index (χ2v) is 30.5. The molecule has 0 aliphatic heterocycles. The van der Waals surface area contributed by atoms with Crippen molar-refractivity contribution in [3.8, 4) is 72.8 Å². The average molecular weight is 1450 g/mol. The predicted octanol–water partition coefficient (Wildman–Crippen LogP) is 28.7. The maximum absolute atomic E-state index is 7.33. The van der Waals surface area contributed by atoms with Crippen LogP contribution in [0.15, 0.2) is 421 Å². The summed E-state index contributed by atoms with van der Waals surface area (Å²) in [5.74, 6) is 1.86. The van der Waals surface area contributed by atoms with Gasteiger partial charge in [-0.15, -0.1) is 0 Å². The van der Waals surface area contributed by atoms with Gasteiger partial charge in [0, 0.05) is 95.0 Å². The summed E-state index contributed by atoms with van der Waals surface area (Å²) in [6.07, 6.45) is 0. The van der Waals surface area contributed by atoms with Gasteiger partial charge in [-0.2, -0.15) is 0 Å². The molecule has 0 unspecified atom stereocenters. The van der Waals surface area contributed by atoms with Gasteiger partial charge < -0.3 is 28.1 Å². The molecule has 0 bridgehead atoms. The van der Waals surface area contributed by atoms with Crippen LogP contribution >= 0.6 is 0 Å². The van der Waals surface area contributed by atoms with E-state index in [1.165, 1.54) is 77.5 Å². The van der Waals surface area contributed by atoms with Gasteiger partial charge in [-0.3, -0.25) is 0 Å². The molecule has 4 aliphatic rings. The molecule has 0 N–H and O–H groups in total. The Hall–Kier alpha value is -15.0. The lowest BCUT2D eigenvalue weighted by Gasteiger charge is -2.31. The lowest BCUT2D eigenvalue weighted by Crippen LogP contribution is -2.26. The van der Waals surface area contributed by atoms with Crippen molar-refractivity contribution in [1.29, 1.82) is 0 Å². The zero-order valence-corrected chi connectivity index (χ0v) is 61.9. The Kier molecular flexibility index (Phi) is 13.9. The highest BCUT2D eigenvalue weighted by Crippen LogP contribution is 2.68. The third-order valence-corrected chi connectivity index (χ3v) is 24.8. The zero-order chi connectivity index (χ0) is 74.7. The quantitative estimate of drug-likeness (QED) is 0.122. The number of anilines is 9. The van der Waals surface area contributed by atoms with Gasteiger partial charge in [0.25, 0.3) is 0 Å². The molecule has 6 nitrogen and oxygen atoms in total. The van der Waals surface area contributed by atoms with Gasteiger partial charge >= 0.3 is 0 Å². The first-order valence-corrected chi connectivity index (χ1v) is 39.3. The molecule has 532 valence electrons. The fourth-order valence-corrected chi connectivity index (χ4v) is 20.2. The van der Waals surface area contributed by atoms with Gasteiger partial charge in [-0.1, -0.05) is 273 Å². The Morgan fingerprint density at radius 3 is 1.15 bits per heavy atom. The van der Waals surface area contributed by atoms with Crippen molar-refractivity contribution in [2.45, 2.75) is 10.8 Å². The van der Waals surface area contributed by atoms with Gasteiger partial charge in [0.1, 0.15) is 22.7 Å². The number of benzene rings is 17. The molecule has 3 aromatic heterocycles. The fourth-order valence-electron chi connectivity index (χ4n) is 20.2. The molecule has 20 aromatic rings. The van der Waals surface area contributed by atoms with E-state index >= 15 is 0 Å². The van der Waals surface area contributed by atoms with Crippen LogP contribution in [0.1, 0.15) is 44.5 Å². The summed E-state index contributed by atoms with van der Waals surface area (Å²) in [6, 6.07) is 151. The number of rotatable bonds is 12. The zero-order valence-electron chi connectivity index (χ0n) is 61.9. The minimum absolute atomic E-state index is 0.576. The van der Waals surface area contributed by atoms with Crippen LogP contribution in [0.2, 0.25) is 0 Å². The maximum atomic E-state index is 7.33. The van der Waals surface area contributed by atoms with Gasteiger partial charge in [-0.25, -0.2) is 0 Å². The van der Waals surface area contributed by atoms with Crippen LogP contribution < -0.4 is 14.7 Å². The Morgan fingerprint density at radius 2 is 0.579 bits per heavy atom. The van der Waals surface area contributed by atoms with E-state index in [-0.39, 0.29) is 0 Å². The largest absolute Gasteiger partial charge is 0.456 e. The number of para-hydroxylation sites is 6. The Labute approximate surface area is 659 Å². The van der Waals surface area contributed by atoms with Gasteiger partial charge in [0.2, 0.25) is 0 Å². The Balaban J connectivity index is 0.611. The van der Waals surface area contributed by atoms with E-state index < -0.39 is 10.8 Å². The molecule has 1 atom stereocenters. The highest BCUT2D eigenvalue weighted by molar-refractivity contribution is 6.12. The van der Waals surface area contributed by atoms with E-state index in [0.29, 0.717) is 0 Å². The van der Waals surface area contributed by atoms with Crippen molar-refractivity contribution in [2.75, 3.05) is 14.7 Å². The number of aromatic nitrogens is 1. The van der Waals surface area contributed by atoms with Crippen LogP contribution in [0.3, 0.4) is 0 Å². The third kappa shape index (κ3) is 9.07.